The minimum Gasteiger partial charge on any atom is -0.493 e. The molecule has 0 saturated heterocycles. The van der Waals surface area contributed by atoms with Crippen LogP contribution in [0.3, 0.4) is 0 Å². The van der Waals surface area contributed by atoms with E-state index in [9.17, 15) is 4.79 Å². The highest BCUT2D eigenvalue weighted by Gasteiger charge is 2.11. The number of benzene rings is 2. The fourth-order valence-corrected chi connectivity index (χ4v) is 2.18. The van der Waals surface area contributed by atoms with Gasteiger partial charge >= 0.3 is 0 Å². The molecule has 2 aromatic carbocycles. The molecule has 0 aliphatic carbocycles. The van der Waals surface area contributed by atoms with Crippen molar-refractivity contribution in [3.05, 3.63) is 52.0 Å². The van der Waals surface area contributed by atoms with Gasteiger partial charge < -0.3 is 14.2 Å². The molecule has 0 amide bonds. The molecular formula is C16H14Cl2O4. The van der Waals surface area contributed by atoms with E-state index in [4.69, 9.17) is 37.4 Å². The number of carbonyl (C=O) groups is 1. The van der Waals surface area contributed by atoms with Crippen LogP contribution in [-0.4, -0.2) is 26.6 Å². The molecule has 6 heteroatoms. The van der Waals surface area contributed by atoms with E-state index >= 15 is 0 Å². The van der Waals surface area contributed by atoms with Crippen LogP contribution in [0, 0.1) is 0 Å². The Balaban J connectivity index is 1.94. The SMILES string of the molecule is COc1cc(C=O)cc(Cl)c1OCCOc1ccc(Cl)cc1. The van der Waals surface area contributed by atoms with E-state index in [1.807, 2.05) is 0 Å². The fraction of sp³-hybridized carbons (Fsp3) is 0.188. The van der Waals surface area contributed by atoms with Gasteiger partial charge in [-0.2, -0.15) is 0 Å². The van der Waals surface area contributed by atoms with E-state index in [-0.39, 0.29) is 6.61 Å². The van der Waals surface area contributed by atoms with Crippen LogP contribution < -0.4 is 14.2 Å². The van der Waals surface area contributed by atoms with Gasteiger partial charge in [-0.1, -0.05) is 23.2 Å². The van der Waals surface area contributed by atoms with Gasteiger partial charge in [-0.05, 0) is 36.4 Å². The van der Waals surface area contributed by atoms with E-state index < -0.39 is 0 Å². The van der Waals surface area contributed by atoms with E-state index in [1.165, 1.54) is 13.2 Å². The van der Waals surface area contributed by atoms with Crippen molar-refractivity contribution in [3.8, 4) is 17.2 Å². The lowest BCUT2D eigenvalue weighted by Gasteiger charge is -2.13. The van der Waals surface area contributed by atoms with Crippen LogP contribution in [0.15, 0.2) is 36.4 Å². The molecule has 0 heterocycles. The molecule has 0 radical (unpaired) electrons. The zero-order chi connectivity index (χ0) is 15.9. The maximum absolute atomic E-state index is 10.8. The third-order valence-corrected chi connectivity index (χ3v) is 3.33. The molecule has 0 atom stereocenters. The van der Waals surface area contributed by atoms with Crippen LogP contribution in [0.4, 0.5) is 0 Å². The van der Waals surface area contributed by atoms with Gasteiger partial charge in [0.05, 0.1) is 12.1 Å². The van der Waals surface area contributed by atoms with Crippen LogP contribution in [0.5, 0.6) is 17.2 Å². The topological polar surface area (TPSA) is 44.8 Å². The van der Waals surface area contributed by atoms with Gasteiger partial charge in [0.15, 0.2) is 11.5 Å². The Bertz CT molecular complexity index is 641. The fourth-order valence-electron chi connectivity index (χ4n) is 1.78. The lowest BCUT2D eigenvalue weighted by Crippen LogP contribution is -2.10. The second-order valence-electron chi connectivity index (χ2n) is 4.30. The van der Waals surface area contributed by atoms with Crippen molar-refractivity contribution < 1.29 is 19.0 Å². The first-order valence-corrected chi connectivity index (χ1v) is 7.23. The number of carbonyl (C=O) groups excluding carboxylic acids is 1. The summed E-state index contributed by atoms with van der Waals surface area (Å²) in [5, 5.41) is 0.961. The van der Waals surface area contributed by atoms with E-state index in [0.717, 1.165) is 0 Å². The van der Waals surface area contributed by atoms with Gasteiger partial charge in [-0.15, -0.1) is 0 Å². The molecule has 0 N–H and O–H groups in total. The molecule has 2 aromatic rings. The quantitative estimate of drug-likeness (QED) is 0.557. The van der Waals surface area contributed by atoms with Gasteiger partial charge in [0.1, 0.15) is 25.2 Å². The summed E-state index contributed by atoms with van der Waals surface area (Å²) >= 11 is 11.9. The first-order chi connectivity index (χ1) is 10.6. The normalized spacial score (nSPS) is 10.1. The minimum atomic E-state index is 0.277. The number of hydrogen-bond donors (Lipinski definition) is 0. The molecule has 0 saturated carbocycles. The monoisotopic (exact) mass is 340 g/mol. The Labute approximate surface area is 138 Å². The smallest absolute Gasteiger partial charge is 0.179 e. The first kappa shape index (κ1) is 16.5. The molecule has 0 aliphatic rings. The van der Waals surface area contributed by atoms with E-state index in [2.05, 4.69) is 0 Å². The number of aldehydes is 1. The highest BCUT2D eigenvalue weighted by atomic mass is 35.5. The summed E-state index contributed by atoms with van der Waals surface area (Å²) in [6.45, 7) is 0.607. The molecule has 0 aromatic heterocycles. The minimum absolute atomic E-state index is 0.277. The third-order valence-electron chi connectivity index (χ3n) is 2.80. The maximum atomic E-state index is 10.8. The summed E-state index contributed by atoms with van der Waals surface area (Å²) in [7, 11) is 1.48. The van der Waals surface area contributed by atoms with Gasteiger partial charge in [0.25, 0.3) is 0 Å². The Morgan fingerprint density at radius 1 is 1.05 bits per heavy atom. The Hall–Kier alpha value is -1.91. The molecule has 2 rings (SSSR count). The standard InChI is InChI=1S/C16H14Cl2O4/c1-20-15-9-11(10-19)8-14(18)16(15)22-7-6-21-13-4-2-12(17)3-5-13/h2-5,8-10H,6-7H2,1H3. The second-order valence-corrected chi connectivity index (χ2v) is 5.15. The van der Waals surface area contributed by atoms with Crippen molar-refractivity contribution in [2.75, 3.05) is 20.3 Å². The number of methoxy groups -OCH3 is 1. The van der Waals surface area contributed by atoms with Crippen molar-refractivity contribution in [2.45, 2.75) is 0 Å². The highest BCUT2D eigenvalue weighted by molar-refractivity contribution is 6.32. The van der Waals surface area contributed by atoms with Gasteiger partial charge in [-0.25, -0.2) is 0 Å². The van der Waals surface area contributed by atoms with Crippen LogP contribution in [-0.2, 0) is 0 Å². The van der Waals surface area contributed by atoms with Crippen LogP contribution in [0.25, 0.3) is 0 Å². The summed E-state index contributed by atoms with van der Waals surface area (Å²) in [6.07, 6.45) is 0.696. The van der Waals surface area contributed by atoms with Gasteiger partial charge in [-0.3, -0.25) is 4.79 Å². The molecule has 22 heavy (non-hydrogen) atoms. The summed E-state index contributed by atoms with van der Waals surface area (Å²) in [5.74, 6) is 1.48. The number of ether oxygens (including phenoxy) is 3. The van der Waals surface area contributed by atoms with Crippen LogP contribution in [0.2, 0.25) is 10.0 Å². The molecular weight excluding hydrogens is 327 g/mol. The largest absolute Gasteiger partial charge is 0.493 e. The lowest BCUT2D eigenvalue weighted by atomic mass is 10.2. The van der Waals surface area contributed by atoms with Crippen molar-refractivity contribution in [2.24, 2.45) is 0 Å². The van der Waals surface area contributed by atoms with Crippen LogP contribution >= 0.6 is 23.2 Å². The predicted octanol–water partition coefficient (Wildman–Crippen LogP) is 4.27. The number of halogens is 2. The molecule has 4 nitrogen and oxygen atoms in total. The highest BCUT2D eigenvalue weighted by Crippen LogP contribution is 2.36. The number of hydrogen-bond acceptors (Lipinski definition) is 4. The van der Waals surface area contributed by atoms with Gasteiger partial charge in [0, 0.05) is 10.6 Å². The molecule has 116 valence electrons. The third kappa shape index (κ3) is 4.29. The maximum Gasteiger partial charge on any atom is 0.179 e. The summed E-state index contributed by atoms with van der Waals surface area (Å²) in [6, 6.07) is 10.1. The Morgan fingerprint density at radius 2 is 1.73 bits per heavy atom. The molecule has 0 fully saturated rings. The molecule has 0 bridgehead atoms. The zero-order valence-electron chi connectivity index (χ0n) is 11.8. The van der Waals surface area contributed by atoms with Crippen molar-refractivity contribution in [1.29, 1.82) is 0 Å². The summed E-state index contributed by atoms with van der Waals surface area (Å²) < 4.78 is 16.3. The average molecular weight is 341 g/mol. The summed E-state index contributed by atoms with van der Waals surface area (Å²) in [5.41, 5.74) is 0.423. The molecule has 0 aliphatic heterocycles. The van der Waals surface area contributed by atoms with Crippen molar-refractivity contribution in [3.63, 3.8) is 0 Å². The van der Waals surface area contributed by atoms with Crippen molar-refractivity contribution >= 4 is 29.5 Å². The van der Waals surface area contributed by atoms with Crippen molar-refractivity contribution in [1.82, 2.24) is 0 Å². The zero-order valence-corrected chi connectivity index (χ0v) is 13.4. The second kappa shape index (κ2) is 7.92. The van der Waals surface area contributed by atoms with E-state index in [1.54, 1.807) is 30.3 Å². The average Bonchev–Trinajstić information content (AvgIpc) is 2.53. The number of rotatable bonds is 7. The first-order valence-electron chi connectivity index (χ1n) is 6.48. The molecule has 0 spiro atoms. The predicted molar refractivity (Wildman–Crippen MR) is 85.8 cm³/mol. The van der Waals surface area contributed by atoms with Gasteiger partial charge in [0.2, 0.25) is 0 Å². The lowest BCUT2D eigenvalue weighted by molar-refractivity contribution is 0.112. The van der Waals surface area contributed by atoms with Crippen LogP contribution in [0.1, 0.15) is 10.4 Å². The molecule has 0 unspecified atom stereocenters. The summed E-state index contributed by atoms with van der Waals surface area (Å²) in [4.78, 5) is 10.8. The van der Waals surface area contributed by atoms with E-state index in [0.29, 0.717) is 45.8 Å². The Morgan fingerprint density at radius 3 is 2.36 bits per heavy atom. The Kier molecular flexibility index (Phi) is 5.92.